The van der Waals surface area contributed by atoms with E-state index in [1.165, 1.54) is 0 Å². The number of ketones is 1. The number of hydrogen-bond donors (Lipinski definition) is 4. The highest BCUT2D eigenvalue weighted by Crippen LogP contribution is 2.06. The molecule has 0 aliphatic heterocycles. The molecule has 0 heterocycles. The Kier molecular flexibility index (Phi) is 11.3. The molecule has 0 saturated carbocycles. The lowest BCUT2D eigenvalue weighted by atomic mass is 10.1. The molecule has 1 atom stereocenters. The Balaban J connectivity index is 3.85. The van der Waals surface area contributed by atoms with Crippen molar-refractivity contribution in [2.24, 2.45) is 5.73 Å². The maximum Gasteiger partial charge on any atom is 0.326 e. The number of amides is 3. The number of urea groups is 1. The van der Waals surface area contributed by atoms with Gasteiger partial charge < -0.3 is 26.3 Å². The van der Waals surface area contributed by atoms with Gasteiger partial charge in [0.15, 0.2) is 0 Å². The van der Waals surface area contributed by atoms with E-state index in [0.717, 1.165) is 19.3 Å². The van der Waals surface area contributed by atoms with Crippen LogP contribution in [0.4, 0.5) is 4.79 Å². The summed E-state index contributed by atoms with van der Waals surface area (Å²) in [7, 11) is 0. The summed E-state index contributed by atoms with van der Waals surface area (Å²) in [5, 5.41) is 13.9. The summed E-state index contributed by atoms with van der Waals surface area (Å²) in [5.41, 5.74) is 4.90. The first-order valence-corrected chi connectivity index (χ1v) is 7.88. The molecule has 0 aromatic heterocycles. The van der Waals surface area contributed by atoms with Crippen molar-refractivity contribution in [3.05, 3.63) is 0 Å². The predicted molar refractivity (Wildman–Crippen MR) is 84.8 cm³/mol. The predicted octanol–water partition coefficient (Wildman–Crippen LogP) is 0.934. The van der Waals surface area contributed by atoms with Crippen LogP contribution >= 0.6 is 0 Å². The number of aliphatic carboxylic acids is 1. The highest BCUT2D eigenvalue weighted by Gasteiger charge is 2.19. The van der Waals surface area contributed by atoms with E-state index in [9.17, 15) is 19.2 Å². The molecule has 0 rings (SSSR count). The number of carbonyl (C=O) groups excluding carboxylic acids is 3. The minimum Gasteiger partial charge on any atom is -0.480 e. The van der Waals surface area contributed by atoms with Gasteiger partial charge in [-0.2, -0.15) is 0 Å². The SMILES string of the molecule is CC(=O)CCCCCCC(=O)NC(CCCNC(N)=O)C(=O)O. The largest absolute Gasteiger partial charge is 0.480 e. The second kappa shape index (κ2) is 12.4. The normalized spacial score (nSPS) is 11.5. The lowest BCUT2D eigenvalue weighted by Crippen LogP contribution is -2.41. The van der Waals surface area contributed by atoms with Crippen LogP contribution < -0.4 is 16.4 Å². The number of primary amides is 1. The van der Waals surface area contributed by atoms with Crippen LogP contribution in [0.2, 0.25) is 0 Å². The molecule has 0 aromatic rings. The van der Waals surface area contributed by atoms with Gasteiger partial charge in [-0.1, -0.05) is 12.8 Å². The molecule has 0 bridgehead atoms. The van der Waals surface area contributed by atoms with Crippen molar-refractivity contribution in [3.63, 3.8) is 0 Å². The van der Waals surface area contributed by atoms with E-state index in [1.807, 2.05) is 0 Å². The Morgan fingerprint density at radius 2 is 1.61 bits per heavy atom. The highest BCUT2D eigenvalue weighted by atomic mass is 16.4. The first kappa shape index (κ1) is 20.9. The molecule has 1 unspecified atom stereocenters. The first-order chi connectivity index (χ1) is 10.8. The second-order valence-corrected chi connectivity index (χ2v) is 5.51. The minimum absolute atomic E-state index is 0.165. The Hall–Kier alpha value is -2.12. The molecule has 3 amide bonds. The Morgan fingerprint density at radius 1 is 1.00 bits per heavy atom. The number of unbranched alkanes of at least 4 members (excludes halogenated alkanes) is 3. The van der Waals surface area contributed by atoms with E-state index in [-0.39, 0.29) is 31.1 Å². The van der Waals surface area contributed by atoms with Crippen LogP contribution in [0.15, 0.2) is 0 Å². The molecule has 132 valence electrons. The van der Waals surface area contributed by atoms with Gasteiger partial charge in [-0.3, -0.25) is 4.79 Å². The van der Waals surface area contributed by atoms with Crippen molar-refractivity contribution in [2.75, 3.05) is 6.54 Å². The van der Waals surface area contributed by atoms with Crippen molar-refractivity contribution < 1.29 is 24.3 Å². The molecule has 23 heavy (non-hydrogen) atoms. The quantitative estimate of drug-likeness (QED) is 0.372. The number of Topliss-reactive ketones (excluding diaryl/α,β-unsaturated/α-hetero) is 1. The molecule has 0 spiro atoms. The standard InChI is InChI=1S/C15H27N3O5/c1-11(19)7-4-2-3-5-9-13(20)18-12(14(21)22)8-6-10-17-15(16)23/h12H,2-10H2,1H3,(H,18,20)(H,21,22)(H3,16,17,23). The van der Waals surface area contributed by atoms with E-state index < -0.39 is 18.0 Å². The van der Waals surface area contributed by atoms with Crippen LogP contribution in [0.1, 0.15) is 58.3 Å². The van der Waals surface area contributed by atoms with Crippen molar-refractivity contribution in [1.82, 2.24) is 10.6 Å². The number of carboxylic acid groups (broad SMARTS) is 1. The molecule has 8 nitrogen and oxygen atoms in total. The van der Waals surface area contributed by atoms with Crippen LogP contribution in [-0.4, -0.2) is 41.4 Å². The van der Waals surface area contributed by atoms with Crippen molar-refractivity contribution >= 4 is 23.7 Å². The zero-order valence-electron chi connectivity index (χ0n) is 13.6. The molecule has 0 saturated heterocycles. The van der Waals surface area contributed by atoms with E-state index in [0.29, 0.717) is 19.3 Å². The molecular weight excluding hydrogens is 302 g/mol. The highest BCUT2D eigenvalue weighted by molar-refractivity contribution is 5.83. The number of carbonyl (C=O) groups is 4. The third-order valence-corrected chi connectivity index (χ3v) is 3.28. The Bertz CT molecular complexity index is 412. The molecule has 0 radical (unpaired) electrons. The average Bonchev–Trinajstić information content (AvgIpc) is 2.45. The summed E-state index contributed by atoms with van der Waals surface area (Å²) in [4.78, 5) is 44.1. The summed E-state index contributed by atoms with van der Waals surface area (Å²) >= 11 is 0. The summed E-state index contributed by atoms with van der Waals surface area (Å²) in [5.74, 6) is -1.23. The maximum absolute atomic E-state index is 11.7. The number of nitrogens with one attached hydrogen (secondary N) is 2. The van der Waals surface area contributed by atoms with E-state index in [4.69, 9.17) is 10.8 Å². The van der Waals surface area contributed by atoms with Crippen LogP contribution in [0.3, 0.4) is 0 Å². The average molecular weight is 329 g/mol. The summed E-state index contributed by atoms with van der Waals surface area (Å²) in [6.07, 6.45) is 4.66. The summed E-state index contributed by atoms with van der Waals surface area (Å²) in [6, 6.07) is -1.62. The fourth-order valence-corrected chi connectivity index (χ4v) is 2.05. The van der Waals surface area contributed by atoms with Crippen LogP contribution in [-0.2, 0) is 14.4 Å². The number of carboxylic acids is 1. The maximum atomic E-state index is 11.7. The van der Waals surface area contributed by atoms with Gasteiger partial charge in [0.1, 0.15) is 11.8 Å². The zero-order chi connectivity index (χ0) is 17.7. The molecule has 0 fully saturated rings. The molecule has 5 N–H and O–H groups in total. The van der Waals surface area contributed by atoms with Gasteiger partial charge in [-0.25, -0.2) is 9.59 Å². The smallest absolute Gasteiger partial charge is 0.326 e. The molecule has 0 aliphatic rings. The van der Waals surface area contributed by atoms with Gasteiger partial charge in [-0.15, -0.1) is 0 Å². The molecule has 0 aliphatic carbocycles. The van der Waals surface area contributed by atoms with Crippen LogP contribution in [0, 0.1) is 0 Å². The molecular formula is C15H27N3O5. The van der Waals surface area contributed by atoms with Gasteiger partial charge in [0, 0.05) is 19.4 Å². The van der Waals surface area contributed by atoms with E-state index >= 15 is 0 Å². The Labute approximate surface area is 136 Å². The van der Waals surface area contributed by atoms with Crippen molar-refractivity contribution in [2.45, 2.75) is 64.3 Å². The number of nitrogens with two attached hydrogens (primary N) is 1. The lowest BCUT2D eigenvalue weighted by Gasteiger charge is -2.14. The van der Waals surface area contributed by atoms with E-state index in [2.05, 4.69) is 10.6 Å². The van der Waals surface area contributed by atoms with Gasteiger partial charge >= 0.3 is 12.0 Å². The topological polar surface area (TPSA) is 139 Å². The first-order valence-electron chi connectivity index (χ1n) is 7.88. The third kappa shape index (κ3) is 13.3. The van der Waals surface area contributed by atoms with Crippen LogP contribution in [0.5, 0.6) is 0 Å². The van der Waals surface area contributed by atoms with E-state index in [1.54, 1.807) is 6.92 Å². The van der Waals surface area contributed by atoms with Crippen LogP contribution in [0.25, 0.3) is 0 Å². The van der Waals surface area contributed by atoms with Crippen molar-refractivity contribution in [1.29, 1.82) is 0 Å². The zero-order valence-corrected chi connectivity index (χ0v) is 13.6. The second-order valence-electron chi connectivity index (χ2n) is 5.51. The minimum atomic E-state index is -1.10. The van der Waals surface area contributed by atoms with Gasteiger partial charge in [0.25, 0.3) is 0 Å². The molecule has 0 aromatic carbocycles. The third-order valence-electron chi connectivity index (χ3n) is 3.28. The summed E-state index contributed by atoms with van der Waals surface area (Å²) in [6.45, 7) is 1.82. The fraction of sp³-hybridized carbons (Fsp3) is 0.733. The monoisotopic (exact) mass is 329 g/mol. The number of rotatable bonds is 13. The lowest BCUT2D eigenvalue weighted by molar-refractivity contribution is -0.142. The van der Waals surface area contributed by atoms with Gasteiger partial charge in [0.2, 0.25) is 5.91 Å². The van der Waals surface area contributed by atoms with Gasteiger partial charge in [-0.05, 0) is 32.6 Å². The molecule has 8 heteroatoms. The van der Waals surface area contributed by atoms with Crippen molar-refractivity contribution in [3.8, 4) is 0 Å². The Morgan fingerprint density at radius 3 is 2.13 bits per heavy atom. The summed E-state index contributed by atoms with van der Waals surface area (Å²) < 4.78 is 0. The fourth-order valence-electron chi connectivity index (χ4n) is 2.05. The van der Waals surface area contributed by atoms with Gasteiger partial charge in [0.05, 0.1) is 0 Å². The number of hydrogen-bond acceptors (Lipinski definition) is 4.